The smallest absolute Gasteiger partial charge is 0.251 e. The molecule has 1 fully saturated rings. The first kappa shape index (κ1) is 18.5. The van der Waals surface area contributed by atoms with Crippen molar-refractivity contribution >= 4 is 17.5 Å². The average molecular weight is 331 g/mol. The van der Waals surface area contributed by atoms with E-state index in [-0.39, 0.29) is 17.9 Å². The van der Waals surface area contributed by atoms with Crippen molar-refractivity contribution in [3.63, 3.8) is 0 Å². The van der Waals surface area contributed by atoms with Crippen molar-refractivity contribution in [1.82, 2.24) is 10.6 Å². The Bertz CT molecular complexity index is 548. The van der Waals surface area contributed by atoms with Crippen molar-refractivity contribution < 1.29 is 9.59 Å². The van der Waals surface area contributed by atoms with Gasteiger partial charge in [0.15, 0.2) is 0 Å². The summed E-state index contributed by atoms with van der Waals surface area (Å²) in [4.78, 5) is 24.1. The zero-order chi connectivity index (χ0) is 17.5. The summed E-state index contributed by atoms with van der Waals surface area (Å²) >= 11 is 0. The van der Waals surface area contributed by atoms with Crippen LogP contribution in [0.5, 0.6) is 0 Å². The first-order valence-corrected chi connectivity index (χ1v) is 8.87. The molecule has 5 heteroatoms. The van der Waals surface area contributed by atoms with Crippen LogP contribution < -0.4 is 16.0 Å². The maximum absolute atomic E-state index is 12.2. The normalized spacial score (nSPS) is 16.7. The van der Waals surface area contributed by atoms with Crippen LogP contribution in [-0.2, 0) is 4.79 Å². The molecular weight excluding hydrogens is 302 g/mol. The molecule has 2 rings (SSSR count). The first-order chi connectivity index (χ1) is 11.5. The second-order valence-electron chi connectivity index (χ2n) is 7.02. The van der Waals surface area contributed by atoms with Crippen molar-refractivity contribution in [2.45, 2.75) is 46.1 Å². The van der Waals surface area contributed by atoms with Crippen molar-refractivity contribution in [3.8, 4) is 0 Å². The van der Waals surface area contributed by atoms with Gasteiger partial charge in [0, 0.05) is 23.7 Å². The van der Waals surface area contributed by atoms with Crippen LogP contribution in [0, 0.1) is 11.8 Å². The summed E-state index contributed by atoms with van der Waals surface area (Å²) in [6, 6.07) is 7.14. The highest BCUT2D eigenvalue weighted by atomic mass is 16.2. The van der Waals surface area contributed by atoms with Gasteiger partial charge in [0.05, 0.1) is 0 Å². The predicted molar refractivity (Wildman–Crippen MR) is 97.0 cm³/mol. The molecule has 0 radical (unpaired) electrons. The number of piperidine rings is 1. The molecule has 5 nitrogen and oxygen atoms in total. The fourth-order valence-corrected chi connectivity index (χ4v) is 3.13. The minimum atomic E-state index is -0.0950. The number of hydrogen-bond acceptors (Lipinski definition) is 3. The Balaban J connectivity index is 1.84. The number of benzene rings is 1. The molecule has 1 aliphatic heterocycles. The van der Waals surface area contributed by atoms with Crippen molar-refractivity contribution in [2.24, 2.45) is 11.8 Å². The Morgan fingerprint density at radius 2 is 1.75 bits per heavy atom. The molecule has 1 saturated heterocycles. The van der Waals surface area contributed by atoms with Crippen LogP contribution in [0.4, 0.5) is 5.69 Å². The summed E-state index contributed by atoms with van der Waals surface area (Å²) in [6.07, 6.45) is 2.84. The summed E-state index contributed by atoms with van der Waals surface area (Å²) in [5.41, 5.74) is 1.34. The molecule has 1 aromatic rings. The standard InChI is InChI=1S/C19H29N3O2/c1-13(2)21-19(24)16-4-6-17(7-5-16)22-18(23)12-14(3)15-8-10-20-11-9-15/h4-7,13-15,20H,8-12H2,1-3H3,(H,21,24)(H,22,23). The summed E-state index contributed by atoms with van der Waals surface area (Å²) in [5, 5.41) is 9.14. The van der Waals surface area contributed by atoms with Gasteiger partial charge in [-0.15, -0.1) is 0 Å². The number of hydrogen-bond donors (Lipinski definition) is 3. The van der Waals surface area contributed by atoms with E-state index in [2.05, 4.69) is 22.9 Å². The van der Waals surface area contributed by atoms with Crippen LogP contribution >= 0.6 is 0 Å². The molecule has 1 aromatic carbocycles. The fraction of sp³-hybridized carbons (Fsp3) is 0.579. The minimum absolute atomic E-state index is 0.0421. The molecule has 132 valence electrons. The minimum Gasteiger partial charge on any atom is -0.350 e. The average Bonchev–Trinajstić information content (AvgIpc) is 2.55. The largest absolute Gasteiger partial charge is 0.350 e. The maximum atomic E-state index is 12.2. The molecule has 1 aliphatic rings. The van der Waals surface area contributed by atoms with Gasteiger partial charge >= 0.3 is 0 Å². The molecule has 0 spiro atoms. The predicted octanol–water partition coefficient (Wildman–Crippen LogP) is 2.79. The van der Waals surface area contributed by atoms with Crippen LogP contribution in [0.25, 0.3) is 0 Å². The highest BCUT2D eigenvalue weighted by Crippen LogP contribution is 2.24. The maximum Gasteiger partial charge on any atom is 0.251 e. The second-order valence-corrected chi connectivity index (χ2v) is 7.02. The van der Waals surface area contributed by atoms with Gasteiger partial charge in [-0.3, -0.25) is 9.59 Å². The summed E-state index contributed by atoms with van der Waals surface area (Å²) in [5.74, 6) is 0.963. The Morgan fingerprint density at radius 3 is 2.33 bits per heavy atom. The van der Waals surface area contributed by atoms with Crippen molar-refractivity contribution in [1.29, 1.82) is 0 Å². The number of rotatable bonds is 6. The SMILES string of the molecule is CC(C)NC(=O)c1ccc(NC(=O)CC(C)C2CCNCC2)cc1. The third kappa shape index (κ3) is 5.64. The topological polar surface area (TPSA) is 70.2 Å². The lowest BCUT2D eigenvalue weighted by atomic mass is 9.84. The van der Waals surface area contributed by atoms with Gasteiger partial charge in [-0.25, -0.2) is 0 Å². The molecule has 3 N–H and O–H groups in total. The van der Waals surface area contributed by atoms with Crippen molar-refractivity contribution in [2.75, 3.05) is 18.4 Å². The molecule has 1 atom stereocenters. The molecule has 0 aromatic heterocycles. The highest BCUT2D eigenvalue weighted by Gasteiger charge is 2.22. The highest BCUT2D eigenvalue weighted by molar-refractivity contribution is 5.95. The van der Waals surface area contributed by atoms with Gasteiger partial charge in [0.25, 0.3) is 5.91 Å². The van der Waals surface area contributed by atoms with Crippen LogP contribution in [0.1, 0.15) is 50.4 Å². The van der Waals surface area contributed by atoms with Gasteiger partial charge in [-0.1, -0.05) is 6.92 Å². The van der Waals surface area contributed by atoms with Gasteiger partial charge in [-0.2, -0.15) is 0 Å². The molecule has 2 amide bonds. The summed E-state index contributed by atoms with van der Waals surface area (Å²) in [7, 11) is 0. The van der Waals surface area contributed by atoms with Gasteiger partial charge in [-0.05, 0) is 75.9 Å². The number of nitrogens with one attached hydrogen (secondary N) is 3. The zero-order valence-electron chi connectivity index (χ0n) is 14.9. The van der Waals surface area contributed by atoms with Crippen LogP contribution in [0.15, 0.2) is 24.3 Å². The van der Waals surface area contributed by atoms with E-state index in [9.17, 15) is 9.59 Å². The fourth-order valence-electron chi connectivity index (χ4n) is 3.13. The van der Waals surface area contributed by atoms with E-state index in [0.29, 0.717) is 23.8 Å². The monoisotopic (exact) mass is 331 g/mol. The van der Waals surface area contributed by atoms with Crippen LogP contribution in [0.2, 0.25) is 0 Å². The zero-order valence-corrected chi connectivity index (χ0v) is 14.9. The Kier molecular flexibility index (Phi) is 6.79. The van der Waals surface area contributed by atoms with E-state index >= 15 is 0 Å². The van der Waals surface area contributed by atoms with Gasteiger partial charge < -0.3 is 16.0 Å². The van der Waals surface area contributed by atoms with Gasteiger partial charge in [0.2, 0.25) is 5.91 Å². The molecule has 0 saturated carbocycles. The van der Waals surface area contributed by atoms with E-state index in [1.165, 1.54) is 0 Å². The quantitative estimate of drug-likeness (QED) is 0.751. The lowest BCUT2D eigenvalue weighted by molar-refractivity contribution is -0.117. The lowest BCUT2D eigenvalue weighted by Crippen LogP contribution is -2.32. The summed E-state index contributed by atoms with van der Waals surface area (Å²) in [6.45, 7) is 8.12. The van der Waals surface area contributed by atoms with E-state index in [0.717, 1.165) is 31.6 Å². The Labute approximate surface area is 144 Å². The second kappa shape index (κ2) is 8.83. The van der Waals surface area contributed by atoms with Crippen LogP contribution in [-0.4, -0.2) is 30.9 Å². The van der Waals surface area contributed by atoms with E-state index in [1.807, 2.05) is 13.8 Å². The first-order valence-electron chi connectivity index (χ1n) is 8.87. The van der Waals surface area contributed by atoms with Gasteiger partial charge in [0.1, 0.15) is 0 Å². The third-order valence-electron chi connectivity index (χ3n) is 4.55. The van der Waals surface area contributed by atoms with Crippen molar-refractivity contribution in [3.05, 3.63) is 29.8 Å². The number of amides is 2. The summed E-state index contributed by atoms with van der Waals surface area (Å²) < 4.78 is 0. The number of carbonyl (C=O) groups excluding carboxylic acids is 2. The lowest BCUT2D eigenvalue weighted by Gasteiger charge is -2.27. The molecule has 1 heterocycles. The number of anilines is 1. The molecule has 1 unspecified atom stereocenters. The number of carbonyl (C=O) groups is 2. The molecule has 24 heavy (non-hydrogen) atoms. The van der Waals surface area contributed by atoms with E-state index < -0.39 is 0 Å². The van der Waals surface area contributed by atoms with Crippen LogP contribution in [0.3, 0.4) is 0 Å². The molecule has 0 bridgehead atoms. The Hall–Kier alpha value is -1.88. The molecular formula is C19H29N3O2. The van der Waals surface area contributed by atoms with E-state index in [1.54, 1.807) is 24.3 Å². The van der Waals surface area contributed by atoms with E-state index in [4.69, 9.17) is 0 Å². The molecule has 0 aliphatic carbocycles. The third-order valence-corrected chi connectivity index (χ3v) is 4.55. The Morgan fingerprint density at radius 1 is 1.12 bits per heavy atom.